The predicted molar refractivity (Wildman–Crippen MR) is 83.5 cm³/mol. The van der Waals surface area contributed by atoms with Crippen molar-refractivity contribution in [3.05, 3.63) is 24.3 Å². The number of rotatable bonds is 8. The maximum Gasteiger partial charge on any atom is 0.306 e. The third-order valence-electron chi connectivity index (χ3n) is 2.81. The van der Waals surface area contributed by atoms with Gasteiger partial charge in [-0.1, -0.05) is 6.92 Å². The van der Waals surface area contributed by atoms with E-state index in [0.717, 1.165) is 0 Å². The molecule has 1 rings (SSSR count). The van der Waals surface area contributed by atoms with E-state index < -0.39 is 16.0 Å². The van der Waals surface area contributed by atoms with E-state index in [9.17, 15) is 13.2 Å². The molecule has 1 aromatic carbocycles. The van der Waals surface area contributed by atoms with Crippen LogP contribution in [0.1, 0.15) is 26.7 Å². The van der Waals surface area contributed by atoms with E-state index in [1.165, 1.54) is 4.31 Å². The molecule has 0 saturated heterocycles. The Labute approximate surface area is 125 Å². The number of sulfonamides is 1. The van der Waals surface area contributed by atoms with Gasteiger partial charge in [-0.2, -0.15) is 0 Å². The standard InChI is InChI=1S/C14H22N2O4S/c1-3-10-16(13-7-5-12(15)6-8-13)21(18,19)11-9-14(17)20-4-2/h5-8H,3-4,9-11,15H2,1-2H3. The Kier molecular flexibility index (Phi) is 6.48. The summed E-state index contributed by atoms with van der Waals surface area (Å²) in [7, 11) is -3.57. The first kappa shape index (κ1) is 17.3. The van der Waals surface area contributed by atoms with E-state index in [4.69, 9.17) is 10.5 Å². The summed E-state index contributed by atoms with van der Waals surface area (Å²) < 4.78 is 30.9. The molecule has 0 unspecified atom stereocenters. The molecule has 0 heterocycles. The highest BCUT2D eigenvalue weighted by Gasteiger charge is 2.23. The smallest absolute Gasteiger partial charge is 0.306 e. The Morgan fingerprint density at radius 2 is 1.86 bits per heavy atom. The minimum absolute atomic E-state index is 0.147. The molecule has 118 valence electrons. The number of benzene rings is 1. The van der Waals surface area contributed by atoms with Gasteiger partial charge >= 0.3 is 5.97 Å². The summed E-state index contributed by atoms with van der Waals surface area (Å²) in [6.45, 7) is 4.18. The zero-order valence-electron chi connectivity index (χ0n) is 12.4. The van der Waals surface area contributed by atoms with Crippen LogP contribution in [0, 0.1) is 0 Å². The van der Waals surface area contributed by atoms with Crippen molar-refractivity contribution in [2.75, 3.05) is 28.9 Å². The van der Waals surface area contributed by atoms with Gasteiger partial charge in [0, 0.05) is 12.2 Å². The summed E-state index contributed by atoms with van der Waals surface area (Å²) in [5.41, 5.74) is 6.73. The zero-order valence-corrected chi connectivity index (χ0v) is 13.2. The topological polar surface area (TPSA) is 89.7 Å². The van der Waals surface area contributed by atoms with Crippen molar-refractivity contribution in [3.8, 4) is 0 Å². The fraction of sp³-hybridized carbons (Fsp3) is 0.500. The molecule has 21 heavy (non-hydrogen) atoms. The van der Waals surface area contributed by atoms with Crippen molar-refractivity contribution < 1.29 is 17.9 Å². The maximum atomic E-state index is 12.4. The van der Waals surface area contributed by atoms with Crippen LogP contribution in [0.3, 0.4) is 0 Å². The highest BCUT2D eigenvalue weighted by atomic mass is 32.2. The first-order chi connectivity index (χ1) is 9.90. The van der Waals surface area contributed by atoms with E-state index >= 15 is 0 Å². The lowest BCUT2D eigenvalue weighted by Crippen LogP contribution is -2.34. The van der Waals surface area contributed by atoms with E-state index in [1.807, 2.05) is 6.92 Å². The van der Waals surface area contributed by atoms with Crippen LogP contribution in [-0.4, -0.2) is 33.3 Å². The summed E-state index contributed by atoms with van der Waals surface area (Å²) >= 11 is 0. The van der Waals surface area contributed by atoms with Gasteiger partial charge in [-0.05, 0) is 37.6 Å². The van der Waals surface area contributed by atoms with Crippen LogP contribution in [-0.2, 0) is 19.6 Å². The molecule has 1 aromatic rings. The first-order valence-electron chi connectivity index (χ1n) is 6.92. The van der Waals surface area contributed by atoms with Crippen molar-refractivity contribution >= 4 is 27.4 Å². The lowest BCUT2D eigenvalue weighted by atomic mass is 10.3. The molecule has 0 radical (unpaired) electrons. The van der Waals surface area contributed by atoms with Gasteiger partial charge in [-0.25, -0.2) is 8.42 Å². The normalized spacial score (nSPS) is 11.1. The Balaban J connectivity index is 2.87. The Hall–Kier alpha value is -1.76. The molecule has 0 bridgehead atoms. The van der Waals surface area contributed by atoms with Crippen molar-refractivity contribution in [2.45, 2.75) is 26.7 Å². The van der Waals surface area contributed by atoms with Crippen LogP contribution in [0.5, 0.6) is 0 Å². The Morgan fingerprint density at radius 3 is 2.38 bits per heavy atom. The van der Waals surface area contributed by atoms with Crippen molar-refractivity contribution in [1.29, 1.82) is 0 Å². The van der Waals surface area contributed by atoms with E-state index in [-0.39, 0.29) is 18.8 Å². The maximum absolute atomic E-state index is 12.4. The molecule has 6 nitrogen and oxygen atoms in total. The second-order valence-electron chi connectivity index (χ2n) is 4.53. The van der Waals surface area contributed by atoms with Gasteiger partial charge in [-0.3, -0.25) is 9.10 Å². The fourth-order valence-electron chi connectivity index (χ4n) is 1.83. The highest BCUT2D eigenvalue weighted by molar-refractivity contribution is 7.92. The summed E-state index contributed by atoms with van der Waals surface area (Å²) in [6, 6.07) is 6.62. The monoisotopic (exact) mass is 314 g/mol. The number of nitrogens with zero attached hydrogens (tertiary/aromatic N) is 1. The number of anilines is 2. The predicted octanol–water partition coefficient (Wildman–Crippen LogP) is 1.77. The van der Waals surface area contributed by atoms with Gasteiger partial charge in [-0.15, -0.1) is 0 Å². The minimum atomic E-state index is -3.57. The number of hydrogen-bond acceptors (Lipinski definition) is 5. The average Bonchev–Trinajstić information content (AvgIpc) is 2.44. The Bertz CT molecular complexity index is 555. The van der Waals surface area contributed by atoms with Crippen molar-refractivity contribution in [3.63, 3.8) is 0 Å². The molecule has 0 fully saturated rings. The minimum Gasteiger partial charge on any atom is -0.466 e. The van der Waals surface area contributed by atoms with Gasteiger partial charge < -0.3 is 10.5 Å². The molecule has 0 aliphatic carbocycles. The number of nitrogen functional groups attached to an aromatic ring is 1. The molecule has 0 amide bonds. The fourth-order valence-corrected chi connectivity index (χ4v) is 3.38. The van der Waals surface area contributed by atoms with Gasteiger partial charge in [0.1, 0.15) is 0 Å². The Morgan fingerprint density at radius 1 is 1.24 bits per heavy atom. The van der Waals surface area contributed by atoms with Gasteiger partial charge in [0.05, 0.1) is 24.5 Å². The number of nitrogens with two attached hydrogens (primary N) is 1. The summed E-state index contributed by atoms with van der Waals surface area (Å²) in [4.78, 5) is 11.3. The molecule has 0 aliphatic rings. The summed E-state index contributed by atoms with van der Waals surface area (Å²) in [6.07, 6.45) is 0.522. The molecular formula is C14H22N2O4S. The first-order valence-corrected chi connectivity index (χ1v) is 8.53. The zero-order chi connectivity index (χ0) is 15.9. The molecule has 0 saturated carbocycles. The second-order valence-corrected chi connectivity index (χ2v) is 6.55. The van der Waals surface area contributed by atoms with Gasteiger partial charge in [0.15, 0.2) is 0 Å². The third kappa shape index (κ3) is 5.26. The molecule has 2 N–H and O–H groups in total. The second kappa shape index (κ2) is 7.87. The van der Waals surface area contributed by atoms with Crippen LogP contribution in [0.2, 0.25) is 0 Å². The van der Waals surface area contributed by atoms with Crippen LogP contribution in [0.15, 0.2) is 24.3 Å². The SMILES string of the molecule is CCCN(c1ccc(N)cc1)S(=O)(=O)CCC(=O)OCC. The van der Waals surface area contributed by atoms with Crippen LogP contribution in [0.4, 0.5) is 11.4 Å². The summed E-state index contributed by atoms with van der Waals surface area (Å²) in [5.74, 6) is -0.772. The molecule has 7 heteroatoms. The molecule has 0 aliphatic heterocycles. The van der Waals surface area contributed by atoms with Crippen LogP contribution in [0.25, 0.3) is 0 Å². The number of carbonyl (C=O) groups excluding carboxylic acids is 1. The van der Waals surface area contributed by atoms with Gasteiger partial charge in [0.2, 0.25) is 10.0 Å². The average molecular weight is 314 g/mol. The van der Waals surface area contributed by atoms with Crippen molar-refractivity contribution in [2.24, 2.45) is 0 Å². The highest BCUT2D eigenvalue weighted by Crippen LogP contribution is 2.20. The number of hydrogen-bond donors (Lipinski definition) is 1. The quantitative estimate of drug-likeness (QED) is 0.583. The van der Waals surface area contributed by atoms with Crippen LogP contribution < -0.4 is 10.0 Å². The summed E-state index contributed by atoms with van der Waals surface area (Å²) in [5, 5.41) is 0. The number of carbonyl (C=O) groups is 1. The third-order valence-corrected chi connectivity index (χ3v) is 4.60. The van der Waals surface area contributed by atoms with E-state index in [0.29, 0.717) is 24.3 Å². The molecule has 0 atom stereocenters. The van der Waals surface area contributed by atoms with E-state index in [1.54, 1.807) is 31.2 Å². The van der Waals surface area contributed by atoms with Crippen LogP contribution >= 0.6 is 0 Å². The lowest BCUT2D eigenvalue weighted by molar-refractivity contribution is -0.142. The largest absolute Gasteiger partial charge is 0.466 e. The molecular weight excluding hydrogens is 292 g/mol. The van der Waals surface area contributed by atoms with E-state index in [2.05, 4.69) is 0 Å². The lowest BCUT2D eigenvalue weighted by Gasteiger charge is -2.24. The number of esters is 1. The van der Waals surface area contributed by atoms with Crippen molar-refractivity contribution in [1.82, 2.24) is 0 Å². The number of ether oxygens (including phenoxy) is 1. The van der Waals surface area contributed by atoms with Gasteiger partial charge in [0.25, 0.3) is 0 Å². The molecule has 0 aromatic heterocycles. The molecule has 0 spiro atoms.